The number of carbonyl (C=O) groups excluding carboxylic acids is 1. The van der Waals surface area contributed by atoms with E-state index in [1.54, 1.807) is 37.4 Å². The highest BCUT2D eigenvalue weighted by molar-refractivity contribution is 7.90. The van der Waals surface area contributed by atoms with Crippen molar-refractivity contribution >= 4 is 49.8 Å². The topological polar surface area (TPSA) is 170 Å². The quantitative estimate of drug-likeness (QED) is 0.302. The van der Waals surface area contributed by atoms with Gasteiger partial charge in [-0.25, -0.2) is 13.2 Å². The molecular formula is C27H25ClN4O8S. The van der Waals surface area contributed by atoms with Gasteiger partial charge in [-0.2, -0.15) is 0 Å². The molecule has 0 saturated heterocycles. The molecule has 0 radical (unpaired) electrons. The molecule has 214 valence electrons. The number of halogens is 1. The minimum atomic E-state index is -3.52. The Morgan fingerprint density at radius 2 is 1.95 bits per heavy atom. The summed E-state index contributed by atoms with van der Waals surface area (Å²) in [6, 6.07) is 9.64. The maximum atomic E-state index is 12.8. The second-order valence-electron chi connectivity index (χ2n) is 9.01. The second kappa shape index (κ2) is 11.9. The zero-order chi connectivity index (χ0) is 29.9. The predicted octanol–water partition coefficient (Wildman–Crippen LogP) is 3.13. The zero-order valence-electron chi connectivity index (χ0n) is 22.2. The first-order chi connectivity index (χ1) is 19.4. The number of carboxylic acid groups (broad SMARTS) is 1. The zero-order valence-corrected chi connectivity index (χ0v) is 23.7. The summed E-state index contributed by atoms with van der Waals surface area (Å²) in [7, 11) is -2.02. The number of aromatic amines is 1. The summed E-state index contributed by atoms with van der Waals surface area (Å²) in [6.45, 7) is 1.61. The molecule has 0 spiro atoms. The van der Waals surface area contributed by atoms with Crippen molar-refractivity contribution in [1.82, 2.24) is 14.8 Å². The van der Waals surface area contributed by atoms with Crippen LogP contribution in [0.1, 0.15) is 33.5 Å². The number of carbonyl (C=O) groups is 2. The average Bonchev–Trinajstić information content (AvgIpc) is 3.58. The van der Waals surface area contributed by atoms with Crippen LogP contribution in [0.15, 0.2) is 63.6 Å². The van der Waals surface area contributed by atoms with E-state index in [9.17, 15) is 22.8 Å². The van der Waals surface area contributed by atoms with Crippen molar-refractivity contribution in [2.45, 2.75) is 18.2 Å². The Labute approximate surface area is 239 Å². The number of hydrogen-bond acceptors (Lipinski definition) is 9. The molecule has 0 fully saturated rings. The Balaban J connectivity index is 0.000000208. The molecular weight excluding hydrogens is 576 g/mol. The molecule has 0 aliphatic carbocycles. The number of ether oxygens (including phenoxy) is 1. The van der Waals surface area contributed by atoms with Crippen molar-refractivity contribution in [2.24, 2.45) is 12.2 Å². The van der Waals surface area contributed by atoms with Gasteiger partial charge in [0.2, 0.25) is 0 Å². The molecule has 3 heterocycles. The molecule has 0 unspecified atom stereocenters. The van der Waals surface area contributed by atoms with Crippen LogP contribution in [0.3, 0.4) is 0 Å². The first-order valence-electron chi connectivity index (χ1n) is 12.1. The second-order valence-corrected chi connectivity index (χ2v) is 11.4. The van der Waals surface area contributed by atoms with E-state index in [2.05, 4.69) is 15.2 Å². The summed E-state index contributed by atoms with van der Waals surface area (Å²) in [5.74, 6) is -1.08. The number of nitrogens with zero attached hydrogens (tertiary/aromatic N) is 3. The number of oxime groups is 1. The molecule has 0 saturated carbocycles. The van der Waals surface area contributed by atoms with Gasteiger partial charge >= 0.3 is 5.97 Å². The lowest BCUT2D eigenvalue weighted by atomic mass is 9.93. The molecule has 0 atom stereocenters. The van der Waals surface area contributed by atoms with E-state index in [0.717, 1.165) is 11.6 Å². The number of sulfone groups is 1. The van der Waals surface area contributed by atoms with Crippen LogP contribution >= 0.6 is 11.6 Å². The number of benzene rings is 2. The number of pyridine rings is 1. The highest BCUT2D eigenvalue weighted by Crippen LogP contribution is 2.30. The Kier molecular flexibility index (Phi) is 8.59. The van der Waals surface area contributed by atoms with Gasteiger partial charge in [0.1, 0.15) is 23.4 Å². The van der Waals surface area contributed by atoms with Crippen molar-refractivity contribution in [3.63, 3.8) is 0 Å². The number of fused-ring (bicyclic) bond motifs is 1. The number of H-pyrrole nitrogens is 1. The average molecular weight is 601 g/mol. The Morgan fingerprint density at radius 1 is 1.20 bits per heavy atom. The normalized spacial score (nSPS) is 12.7. The van der Waals surface area contributed by atoms with Crippen molar-refractivity contribution in [3.05, 3.63) is 86.4 Å². The molecule has 1 aliphatic heterocycles. The number of nitrogens with one attached hydrogen (secondary N) is 1. The van der Waals surface area contributed by atoms with E-state index < -0.39 is 33.8 Å². The molecule has 2 aromatic carbocycles. The van der Waals surface area contributed by atoms with E-state index in [4.69, 9.17) is 26.3 Å². The third-order valence-corrected chi connectivity index (χ3v) is 7.65. The molecule has 0 amide bonds. The van der Waals surface area contributed by atoms with Gasteiger partial charge in [-0.15, -0.1) is 0 Å². The monoisotopic (exact) mass is 600 g/mol. The summed E-state index contributed by atoms with van der Waals surface area (Å²) in [4.78, 5) is 44.4. The van der Waals surface area contributed by atoms with Crippen LogP contribution < -0.4 is 10.3 Å². The van der Waals surface area contributed by atoms with Crippen molar-refractivity contribution in [3.8, 4) is 5.75 Å². The lowest BCUT2D eigenvalue weighted by molar-refractivity contribution is -0.139. The minimum absolute atomic E-state index is 0.00623. The van der Waals surface area contributed by atoms with Crippen molar-refractivity contribution < 1.29 is 32.7 Å². The summed E-state index contributed by atoms with van der Waals surface area (Å²) in [5.41, 5.74) is 1.69. The minimum Gasteiger partial charge on any atom is -0.480 e. The molecule has 0 bridgehead atoms. The van der Waals surface area contributed by atoms with Gasteiger partial charge in [-0.1, -0.05) is 16.8 Å². The van der Waals surface area contributed by atoms with Crippen LogP contribution in [-0.2, 0) is 26.5 Å². The molecule has 5 rings (SSSR count). The maximum absolute atomic E-state index is 12.8. The van der Waals surface area contributed by atoms with E-state index in [1.807, 2.05) is 0 Å². The van der Waals surface area contributed by atoms with Crippen LogP contribution in [0.5, 0.6) is 5.75 Å². The van der Waals surface area contributed by atoms with Crippen LogP contribution in [0.4, 0.5) is 0 Å². The van der Waals surface area contributed by atoms with E-state index >= 15 is 0 Å². The van der Waals surface area contributed by atoms with Gasteiger partial charge in [0, 0.05) is 48.6 Å². The van der Waals surface area contributed by atoms with E-state index in [0.29, 0.717) is 46.2 Å². The SMILES string of the molecule is Cc1c(C(=O)c2c[nH]n(C)c2=O)ccc(S(C)(=O)=O)c1C1=NOCC1.O=C(O)COc1ccc(Cl)c2cccnc12. The molecule has 14 heteroatoms. The van der Waals surface area contributed by atoms with Crippen LogP contribution in [0, 0.1) is 6.92 Å². The first kappa shape index (κ1) is 29.5. The van der Waals surface area contributed by atoms with Gasteiger partial charge in [0.05, 0.1) is 15.6 Å². The molecule has 2 N–H and O–H groups in total. The third-order valence-electron chi connectivity index (χ3n) is 6.18. The highest BCUT2D eigenvalue weighted by atomic mass is 35.5. The van der Waals surface area contributed by atoms with Crippen LogP contribution in [0.2, 0.25) is 5.02 Å². The standard InChI is InChI=1S/C16H17N3O5S.C11H8ClNO3/c1-9-10(15(20)11-8-17-19(2)16(11)21)4-5-13(25(3,22)23)14(9)12-6-7-24-18-12;12-8-3-4-9(16-6-10(14)15)11-7(8)2-1-5-13-11/h4-5,8,17H,6-7H2,1-3H3;1-5H,6H2,(H,14,15). The summed E-state index contributed by atoms with van der Waals surface area (Å²) in [5, 5.41) is 16.4. The molecule has 4 aromatic rings. The summed E-state index contributed by atoms with van der Waals surface area (Å²) < 4.78 is 30.6. The van der Waals surface area contributed by atoms with Gasteiger partial charge in [0.15, 0.2) is 22.2 Å². The lowest BCUT2D eigenvalue weighted by Gasteiger charge is -2.13. The number of carboxylic acids is 1. The van der Waals surface area contributed by atoms with Gasteiger partial charge < -0.3 is 19.8 Å². The molecule has 2 aromatic heterocycles. The third kappa shape index (κ3) is 6.31. The Morgan fingerprint density at radius 3 is 2.56 bits per heavy atom. The fourth-order valence-corrected chi connectivity index (χ4v) is 5.39. The largest absolute Gasteiger partial charge is 0.480 e. The number of aromatic nitrogens is 3. The Bertz CT molecular complexity index is 1860. The first-order valence-corrected chi connectivity index (χ1v) is 14.4. The van der Waals surface area contributed by atoms with Gasteiger partial charge in [0.25, 0.3) is 5.56 Å². The Hall–Kier alpha value is -4.49. The number of aryl methyl sites for hydroxylation is 1. The van der Waals surface area contributed by atoms with E-state index in [-0.39, 0.29) is 16.0 Å². The van der Waals surface area contributed by atoms with Gasteiger partial charge in [-0.3, -0.25) is 19.3 Å². The van der Waals surface area contributed by atoms with Crippen molar-refractivity contribution in [1.29, 1.82) is 0 Å². The maximum Gasteiger partial charge on any atom is 0.341 e. The van der Waals surface area contributed by atoms with Crippen LogP contribution in [-0.4, -0.2) is 65.2 Å². The number of ketones is 1. The highest BCUT2D eigenvalue weighted by Gasteiger charge is 2.27. The van der Waals surface area contributed by atoms with Crippen molar-refractivity contribution in [2.75, 3.05) is 19.5 Å². The number of rotatable bonds is 7. The molecule has 1 aliphatic rings. The van der Waals surface area contributed by atoms with Crippen LogP contribution in [0.25, 0.3) is 10.9 Å². The fourth-order valence-electron chi connectivity index (χ4n) is 4.22. The lowest BCUT2D eigenvalue weighted by Crippen LogP contribution is -2.21. The molecule has 41 heavy (non-hydrogen) atoms. The summed E-state index contributed by atoms with van der Waals surface area (Å²) in [6.07, 6.45) is 4.49. The summed E-state index contributed by atoms with van der Waals surface area (Å²) >= 11 is 5.98. The van der Waals surface area contributed by atoms with E-state index in [1.165, 1.54) is 30.1 Å². The van der Waals surface area contributed by atoms with Gasteiger partial charge in [-0.05, 0) is 48.9 Å². The molecule has 12 nitrogen and oxygen atoms in total. The number of aliphatic carboxylic acids is 1. The number of hydrogen-bond donors (Lipinski definition) is 2. The predicted molar refractivity (Wildman–Crippen MR) is 151 cm³/mol. The fraction of sp³-hybridized carbons (Fsp3) is 0.222. The smallest absolute Gasteiger partial charge is 0.341 e.